The fraction of sp³-hybridized carbons (Fsp3) is 0.500. The van der Waals surface area contributed by atoms with Crippen LogP contribution in [0, 0.1) is 0 Å². The number of aryl methyl sites for hydroxylation is 1. The summed E-state index contributed by atoms with van der Waals surface area (Å²) in [7, 11) is 0. The molecule has 1 saturated heterocycles. The van der Waals surface area contributed by atoms with Crippen molar-refractivity contribution < 1.29 is 4.74 Å². The van der Waals surface area contributed by atoms with Gasteiger partial charge in [-0.15, -0.1) is 0 Å². The first-order chi connectivity index (χ1) is 8.90. The van der Waals surface area contributed by atoms with Crippen LogP contribution in [0.15, 0.2) is 24.3 Å². The first-order valence-electron chi connectivity index (χ1n) is 6.66. The monoisotopic (exact) mass is 245 g/mol. The van der Waals surface area contributed by atoms with Gasteiger partial charge in [0.25, 0.3) is 0 Å². The van der Waals surface area contributed by atoms with Crippen molar-refractivity contribution in [2.24, 2.45) is 0 Å². The number of nitrogens with zero attached hydrogens (tertiary/aromatic N) is 2. The van der Waals surface area contributed by atoms with Crippen LogP contribution in [0.2, 0.25) is 0 Å². The lowest BCUT2D eigenvalue weighted by molar-refractivity contribution is 0.0732. The van der Waals surface area contributed by atoms with Crippen LogP contribution in [-0.4, -0.2) is 29.3 Å². The molecular formula is C14H19N3O. The van der Waals surface area contributed by atoms with Crippen LogP contribution in [0.25, 0.3) is 11.0 Å². The molecule has 0 radical (unpaired) electrons. The van der Waals surface area contributed by atoms with E-state index < -0.39 is 0 Å². The van der Waals surface area contributed by atoms with Crippen LogP contribution < -0.4 is 5.32 Å². The van der Waals surface area contributed by atoms with Crippen LogP contribution in [0.4, 0.5) is 0 Å². The molecule has 1 N–H and O–H groups in total. The Hall–Kier alpha value is -1.39. The molecule has 0 saturated carbocycles. The average molecular weight is 245 g/mol. The highest BCUT2D eigenvalue weighted by Gasteiger charge is 2.21. The molecule has 2 heterocycles. The maximum absolute atomic E-state index is 5.55. The number of nitrogens with one attached hydrogen (secondary N) is 1. The first-order valence-corrected chi connectivity index (χ1v) is 6.66. The topological polar surface area (TPSA) is 39.1 Å². The third kappa shape index (κ3) is 2.02. The number of morpholine rings is 1. The Kier molecular flexibility index (Phi) is 3.30. The predicted molar refractivity (Wildman–Crippen MR) is 71.6 cm³/mol. The highest BCUT2D eigenvalue weighted by molar-refractivity contribution is 5.76. The summed E-state index contributed by atoms with van der Waals surface area (Å²) in [5, 5.41) is 3.49. The maximum Gasteiger partial charge on any atom is 0.129 e. The zero-order chi connectivity index (χ0) is 12.4. The van der Waals surface area contributed by atoms with Gasteiger partial charge in [-0.3, -0.25) is 0 Å². The SMILES string of the molecule is CCCn1c(C2COCCN2)nc2ccccc21. The number of hydrogen-bond donors (Lipinski definition) is 1. The van der Waals surface area contributed by atoms with Crippen molar-refractivity contribution in [2.75, 3.05) is 19.8 Å². The lowest BCUT2D eigenvalue weighted by Gasteiger charge is -2.24. The van der Waals surface area contributed by atoms with E-state index in [4.69, 9.17) is 9.72 Å². The van der Waals surface area contributed by atoms with Gasteiger partial charge in [0, 0.05) is 13.1 Å². The van der Waals surface area contributed by atoms with Gasteiger partial charge in [0.2, 0.25) is 0 Å². The van der Waals surface area contributed by atoms with Crippen molar-refractivity contribution in [3.8, 4) is 0 Å². The summed E-state index contributed by atoms with van der Waals surface area (Å²) in [6, 6.07) is 8.56. The number of ether oxygens (including phenoxy) is 1. The van der Waals surface area contributed by atoms with Crippen LogP contribution in [0.1, 0.15) is 25.2 Å². The molecule has 1 aromatic carbocycles. The molecule has 1 atom stereocenters. The van der Waals surface area contributed by atoms with E-state index in [0.717, 1.165) is 37.5 Å². The van der Waals surface area contributed by atoms with Crippen LogP contribution >= 0.6 is 0 Å². The summed E-state index contributed by atoms with van der Waals surface area (Å²) in [5.74, 6) is 1.11. The van der Waals surface area contributed by atoms with Crippen molar-refractivity contribution >= 4 is 11.0 Å². The highest BCUT2D eigenvalue weighted by Crippen LogP contribution is 2.22. The Balaban J connectivity index is 2.05. The van der Waals surface area contributed by atoms with E-state index in [2.05, 4.69) is 35.0 Å². The molecule has 3 rings (SSSR count). The number of rotatable bonds is 3. The zero-order valence-electron chi connectivity index (χ0n) is 10.7. The smallest absolute Gasteiger partial charge is 0.129 e. The van der Waals surface area contributed by atoms with E-state index in [1.54, 1.807) is 0 Å². The average Bonchev–Trinajstić information content (AvgIpc) is 2.80. The van der Waals surface area contributed by atoms with Crippen molar-refractivity contribution in [1.29, 1.82) is 0 Å². The molecule has 4 nitrogen and oxygen atoms in total. The van der Waals surface area contributed by atoms with Crippen molar-refractivity contribution in [2.45, 2.75) is 25.9 Å². The quantitative estimate of drug-likeness (QED) is 0.900. The van der Waals surface area contributed by atoms with E-state index in [9.17, 15) is 0 Å². The lowest BCUT2D eigenvalue weighted by Crippen LogP contribution is -2.36. The minimum absolute atomic E-state index is 0.220. The maximum atomic E-state index is 5.55. The highest BCUT2D eigenvalue weighted by atomic mass is 16.5. The summed E-state index contributed by atoms with van der Waals surface area (Å²) >= 11 is 0. The molecule has 0 aliphatic carbocycles. The Morgan fingerprint density at radius 1 is 1.44 bits per heavy atom. The molecule has 4 heteroatoms. The van der Waals surface area contributed by atoms with Gasteiger partial charge in [-0.25, -0.2) is 4.98 Å². The molecule has 96 valence electrons. The molecule has 1 aromatic heterocycles. The molecule has 1 unspecified atom stereocenters. The summed E-state index contributed by atoms with van der Waals surface area (Å²) < 4.78 is 7.87. The standard InChI is InChI=1S/C14H19N3O/c1-2-8-17-13-6-4-3-5-11(13)16-14(17)12-10-18-9-7-15-12/h3-6,12,15H,2,7-10H2,1H3. The summed E-state index contributed by atoms with van der Waals surface area (Å²) in [4.78, 5) is 4.78. The van der Waals surface area contributed by atoms with Crippen molar-refractivity contribution in [1.82, 2.24) is 14.9 Å². The van der Waals surface area contributed by atoms with Gasteiger partial charge in [0.15, 0.2) is 0 Å². The van der Waals surface area contributed by atoms with Crippen LogP contribution in [0.3, 0.4) is 0 Å². The normalized spacial score (nSPS) is 20.4. The third-order valence-corrected chi connectivity index (χ3v) is 3.36. The minimum atomic E-state index is 0.220. The lowest BCUT2D eigenvalue weighted by atomic mass is 10.2. The van der Waals surface area contributed by atoms with E-state index in [1.807, 2.05) is 6.07 Å². The largest absolute Gasteiger partial charge is 0.378 e. The van der Waals surface area contributed by atoms with E-state index in [0.29, 0.717) is 6.61 Å². The Morgan fingerprint density at radius 3 is 3.11 bits per heavy atom. The summed E-state index contributed by atoms with van der Waals surface area (Å²) in [6.45, 7) is 5.62. The fourth-order valence-electron chi connectivity index (χ4n) is 2.55. The van der Waals surface area contributed by atoms with Gasteiger partial charge in [-0.05, 0) is 18.6 Å². The van der Waals surface area contributed by atoms with E-state index in [-0.39, 0.29) is 6.04 Å². The first kappa shape index (κ1) is 11.7. The predicted octanol–water partition coefficient (Wildman–Crippen LogP) is 2.11. The van der Waals surface area contributed by atoms with Crippen molar-refractivity contribution in [3.63, 3.8) is 0 Å². The molecule has 1 fully saturated rings. The van der Waals surface area contributed by atoms with Crippen LogP contribution in [-0.2, 0) is 11.3 Å². The molecule has 1 aliphatic rings. The van der Waals surface area contributed by atoms with Gasteiger partial charge in [0.05, 0.1) is 30.3 Å². The molecule has 18 heavy (non-hydrogen) atoms. The number of hydrogen-bond acceptors (Lipinski definition) is 3. The fourth-order valence-corrected chi connectivity index (χ4v) is 2.55. The molecule has 1 aliphatic heterocycles. The number of para-hydroxylation sites is 2. The molecule has 0 amide bonds. The van der Waals surface area contributed by atoms with Crippen LogP contribution in [0.5, 0.6) is 0 Å². The number of fused-ring (bicyclic) bond motifs is 1. The molecule has 0 spiro atoms. The minimum Gasteiger partial charge on any atom is -0.378 e. The molecule has 2 aromatic rings. The number of imidazole rings is 1. The second-order valence-electron chi connectivity index (χ2n) is 4.69. The second kappa shape index (κ2) is 5.08. The Labute approximate surface area is 107 Å². The summed E-state index contributed by atoms with van der Waals surface area (Å²) in [6.07, 6.45) is 1.11. The molecular weight excluding hydrogens is 226 g/mol. The third-order valence-electron chi connectivity index (χ3n) is 3.36. The van der Waals surface area contributed by atoms with Gasteiger partial charge in [0.1, 0.15) is 5.82 Å². The van der Waals surface area contributed by atoms with Crippen molar-refractivity contribution in [3.05, 3.63) is 30.1 Å². The van der Waals surface area contributed by atoms with Gasteiger partial charge in [-0.1, -0.05) is 19.1 Å². The van der Waals surface area contributed by atoms with Gasteiger partial charge >= 0.3 is 0 Å². The molecule has 0 bridgehead atoms. The Bertz CT molecular complexity index is 529. The summed E-state index contributed by atoms with van der Waals surface area (Å²) in [5.41, 5.74) is 2.30. The zero-order valence-corrected chi connectivity index (χ0v) is 10.7. The number of aromatic nitrogens is 2. The second-order valence-corrected chi connectivity index (χ2v) is 4.69. The van der Waals surface area contributed by atoms with Gasteiger partial charge in [-0.2, -0.15) is 0 Å². The Morgan fingerprint density at radius 2 is 2.33 bits per heavy atom. The van der Waals surface area contributed by atoms with Gasteiger partial charge < -0.3 is 14.6 Å². The van der Waals surface area contributed by atoms with E-state index >= 15 is 0 Å². The van der Waals surface area contributed by atoms with E-state index in [1.165, 1.54) is 5.52 Å². The number of benzene rings is 1.